The van der Waals surface area contributed by atoms with Gasteiger partial charge in [0.05, 0.1) is 19.4 Å². The first-order valence-electron chi connectivity index (χ1n) is 6.27. The molecule has 0 aromatic heterocycles. The van der Waals surface area contributed by atoms with Crippen LogP contribution in [0.1, 0.15) is 24.5 Å². The van der Waals surface area contributed by atoms with Gasteiger partial charge in [-0.25, -0.2) is 0 Å². The van der Waals surface area contributed by atoms with Crippen molar-refractivity contribution in [2.24, 2.45) is 0 Å². The number of hydrogen-bond acceptors (Lipinski definition) is 4. The van der Waals surface area contributed by atoms with E-state index in [1.54, 1.807) is 19.1 Å². The number of rotatable bonds is 8. The average molecular weight is 265 g/mol. The van der Waals surface area contributed by atoms with Crippen LogP contribution in [0.4, 0.5) is 0 Å². The van der Waals surface area contributed by atoms with Gasteiger partial charge in [-0.05, 0) is 18.1 Å². The molecule has 0 aliphatic rings. The largest absolute Gasteiger partial charge is 0.481 e. The average Bonchev–Trinajstić information content (AvgIpc) is 2.36. The van der Waals surface area contributed by atoms with E-state index in [0.717, 1.165) is 11.1 Å². The van der Waals surface area contributed by atoms with E-state index in [4.69, 9.17) is 9.84 Å². The van der Waals surface area contributed by atoms with Gasteiger partial charge < -0.3 is 15.2 Å². The number of ether oxygens (including phenoxy) is 1. The van der Waals surface area contributed by atoms with E-state index in [1.807, 2.05) is 12.1 Å². The minimum atomic E-state index is -0.833. The van der Waals surface area contributed by atoms with E-state index >= 15 is 0 Å². The zero-order chi connectivity index (χ0) is 14.1. The third kappa shape index (κ3) is 6.57. The van der Waals surface area contributed by atoms with Crippen LogP contribution in [0.3, 0.4) is 0 Å². The molecule has 0 amide bonds. The first-order valence-corrected chi connectivity index (χ1v) is 6.27. The fraction of sp³-hybridized carbons (Fsp3) is 0.429. The van der Waals surface area contributed by atoms with Crippen LogP contribution in [0.25, 0.3) is 0 Å². The number of carboxylic acid groups (broad SMARTS) is 1. The van der Waals surface area contributed by atoms with Gasteiger partial charge in [0.15, 0.2) is 0 Å². The first-order chi connectivity index (χ1) is 9.11. The molecule has 19 heavy (non-hydrogen) atoms. The molecule has 0 unspecified atom stereocenters. The van der Waals surface area contributed by atoms with Gasteiger partial charge in [0.25, 0.3) is 0 Å². The van der Waals surface area contributed by atoms with Crippen LogP contribution in [-0.2, 0) is 27.3 Å². The van der Waals surface area contributed by atoms with Crippen LogP contribution in [0.5, 0.6) is 0 Å². The zero-order valence-electron chi connectivity index (χ0n) is 11.0. The molecule has 0 atom stereocenters. The molecule has 1 aromatic rings. The topological polar surface area (TPSA) is 75.6 Å². The lowest BCUT2D eigenvalue weighted by molar-refractivity contribution is -0.143. The molecule has 0 radical (unpaired) electrons. The molecular formula is C14H19NO4. The molecule has 0 aliphatic carbocycles. The van der Waals surface area contributed by atoms with Gasteiger partial charge in [-0.3, -0.25) is 9.59 Å². The molecule has 1 aromatic carbocycles. The van der Waals surface area contributed by atoms with Crippen molar-refractivity contribution in [1.82, 2.24) is 5.32 Å². The van der Waals surface area contributed by atoms with Crippen molar-refractivity contribution in [1.29, 1.82) is 0 Å². The first kappa shape index (κ1) is 15.2. The summed E-state index contributed by atoms with van der Waals surface area (Å²) in [5, 5.41) is 11.8. The lowest BCUT2D eigenvalue weighted by Gasteiger charge is -2.05. The monoisotopic (exact) mass is 265 g/mol. The van der Waals surface area contributed by atoms with Gasteiger partial charge >= 0.3 is 11.9 Å². The number of carbonyl (C=O) groups excluding carboxylic acids is 1. The fourth-order valence-electron chi connectivity index (χ4n) is 1.61. The molecule has 0 bridgehead atoms. The molecule has 0 fully saturated rings. The summed E-state index contributed by atoms with van der Waals surface area (Å²) < 4.78 is 4.81. The number of aliphatic carboxylic acids is 1. The van der Waals surface area contributed by atoms with Crippen LogP contribution in [0.15, 0.2) is 24.3 Å². The Morgan fingerprint density at radius 1 is 1.21 bits per heavy atom. The number of nitrogens with one attached hydrogen (secondary N) is 1. The van der Waals surface area contributed by atoms with Crippen molar-refractivity contribution in [2.75, 3.05) is 13.2 Å². The molecule has 1 rings (SSSR count). The third-order valence-electron chi connectivity index (χ3n) is 2.52. The highest BCUT2D eigenvalue weighted by Gasteiger charge is 2.02. The molecule has 5 heteroatoms. The summed E-state index contributed by atoms with van der Waals surface area (Å²) in [5.41, 5.74) is 1.83. The highest BCUT2D eigenvalue weighted by molar-refractivity contribution is 5.70. The Morgan fingerprint density at radius 3 is 2.42 bits per heavy atom. The maximum atomic E-state index is 11.1. The van der Waals surface area contributed by atoms with E-state index in [9.17, 15) is 9.59 Å². The predicted octanol–water partition coefficient (Wildman–Crippen LogP) is 1.36. The second kappa shape index (κ2) is 8.26. The van der Waals surface area contributed by atoms with Crippen molar-refractivity contribution in [2.45, 2.75) is 26.3 Å². The molecule has 5 nitrogen and oxygen atoms in total. The van der Waals surface area contributed by atoms with Crippen molar-refractivity contribution < 1.29 is 19.4 Å². The minimum absolute atomic E-state index is 0.0383. The summed E-state index contributed by atoms with van der Waals surface area (Å²) in [6.45, 7) is 3.40. The zero-order valence-corrected chi connectivity index (χ0v) is 11.0. The van der Waals surface area contributed by atoms with Crippen LogP contribution >= 0.6 is 0 Å². The summed E-state index contributed by atoms with van der Waals surface area (Å²) in [4.78, 5) is 21.6. The fourth-order valence-corrected chi connectivity index (χ4v) is 1.61. The molecule has 0 aliphatic heterocycles. The van der Waals surface area contributed by atoms with Gasteiger partial charge in [-0.2, -0.15) is 0 Å². The highest BCUT2D eigenvalue weighted by Crippen LogP contribution is 2.05. The number of esters is 1. The Balaban J connectivity index is 2.26. The molecular weight excluding hydrogens is 246 g/mol. The van der Waals surface area contributed by atoms with E-state index in [0.29, 0.717) is 26.1 Å². The summed E-state index contributed by atoms with van der Waals surface area (Å²) in [5.74, 6) is -1.04. The Labute approximate surface area is 112 Å². The second-order valence-electron chi connectivity index (χ2n) is 4.12. The Kier molecular flexibility index (Phi) is 6.60. The lowest BCUT2D eigenvalue weighted by Crippen LogP contribution is -2.19. The number of carbonyl (C=O) groups is 2. The SMILES string of the molecule is CCOC(=O)CCNCc1ccc(CC(=O)O)cc1. The highest BCUT2D eigenvalue weighted by atomic mass is 16.5. The van der Waals surface area contributed by atoms with E-state index in [-0.39, 0.29) is 12.4 Å². The van der Waals surface area contributed by atoms with Crippen molar-refractivity contribution in [3.05, 3.63) is 35.4 Å². The van der Waals surface area contributed by atoms with Crippen LogP contribution in [0.2, 0.25) is 0 Å². The lowest BCUT2D eigenvalue weighted by atomic mass is 10.1. The summed E-state index contributed by atoms with van der Waals surface area (Å²) in [6, 6.07) is 7.37. The van der Waals surface area contributed by atoms with Crippen molar-refractivity contribution in [3.63, 3.8) is 0 Å². The summed E-state index contributed by atoms with van der Waals surface area (Å²) in [6.07, 6.45) is 0.390. The Hall–Kier alpha value is -1.88. The maximum Gasteiger partial charge on any atom is 0.307 e. The Bertz CT molecular complexity index is 414. The van der Waals surface area contributed by atoms with Gasteiger partial charge in [-0.1, -0.05) is 24.3 Å². The van der Waals surface area contributed by atoms with E-state index in [2.05, 4.69) is 5.32 Å². The van der Waals surface area contributed by atoms with E-state index < -0.39 is 5.97 Å². The molecule has 0 spiro atoms. The Morgan fingerprint density at radius 2 is 1.84 bits per heavy atom. The van der Waals surface area contributed by atoms with Gasteiger partial charge in [-0.15, -0.1) is 0 Å². The second-order valence-corrected chi connectivity index (χ2v) is 4.12. The molecule has 0 saturated heterocycles. The van der Waals surface area contributed by atoms with Gasteiger partial charge in [0.2, 0.25) is 0 Å². The summed E-state index contributed by atoms with van der Waals surface area (Å²) >= 11 is 0. The molecule has 104 valence electrons. The van der Waals surface area contributed by atoms with E-state index in [1.165, 1.54) is 0 Å². The minimum Gasteiger partial charge on any atom is -0.481 e. The molecule has 0 saturated carbocycles. The maximum absolute atomic E-state index is 11.1. The van der Waals surface area contributed by atoms with Crippen LogP contribution in [0, 0.1) is 0 Å². The van der Waals surface area contributed by atoms with Crippen molar-refractivity contribution >= 4 is 11.9 Å². The molecule has 0 heterocycles. The van der Waals surface area contributed by atoms with Crippen LogP contribution < -0.4 is 5.32 Å². The van der Waals surface area contributed by atoms with Crippen molar-refractivity contribution in [3.8, 4) is 0 Å². The van der Waals surface area contributed by atoms with Gasteiger partial charge in [0, 0.05) is 13.1 Å². The molecule has 2 N–H and O–H groups in total. The van der Waals surface area contributed by atoms with Crippen LogP contribution in [-0.4, -0.2) is 30.2 Å². The number of benzene rings is 1. The number of carboxylic acids is 1. The predicted molar refractivity (Wildman–Crippen MR) is 70.7 cm³/mol. The number of hydrogen-bond donors (Lipinski definition) is 2. The quantitative estimate of drug-likeness (QED) is 0.548. The standard InChI is InChI=1S/C14H19NO4/c1-2-19-14(18)7-8-15-10-12-5-3-11(4-6-12)9-13(16)17/h3-6,15H,2,7-10H2,1H3,(H,16,17). The third-order valence-corrected chi connectivity index (χ3v) is 2.52. The normalized spacial score (nSPS) is 10.2. The smallest absolute Gasteiger partial charge is 0.307 e. The summed E-state index contributed by atoms with van der Waals surface area (Å²) in [7, 11) is 0. The van der Waals surface area contributed by atoms with Gasteiger partial charge in [0.1, 0.15) is 0 Å².